The minimum atomic E-state index is -0.921. The van der Waals surface area contributed by atoms with Crippen molar-refractivity contribution in [2.45, 2.75) is 27.3 Å². The molecule has 0 amide bonds. The summed E-state index contributed by atoms with van der Waals surface area (Å²) < 4.78 is 1.70. The number of aromatic nitrogens is 1. The highest BCUT2D eigenvalue weighted by molar-refractivity contribution is 5.99. The molecule has 2 rings (SSSR count). The zero-order chi connectivity index (χ0) is 14.9. The highest BCUT2D eigenvalue weighted by atomic mass is 16.4. The number of carbonyl (C=O) groups excluding carboxylic acids is 1. The Balaban J connectivity index is 2.74. The zero-order valence-corrected chi connectivity index (χ0v) is 11.8. The Morgan fingerprint density at radius 2 is 1.75 bits per heavy atom. The van der Waals surface area contributed by atoms with Crippen molar-refractivity contribution in [2.75, 3.05) is 0 Å². The van der Waals surface area contributed by atoms with Gasteiger partial charge in [0.2, 0.25) is 0 Å². The molecular formula is C16H17NO3. The second-order valence-corrected chi connectivity index (χ2v) is 4.84. The standard InChI is InChI=1S/C16H17NO3/c1-10-15(12(3)18)11(2)17(9-14(19)20)16(10)13-7-5-4-6-8-13/h4-8H,9H2,1-3H3,(H,19,20). The fraction of sp³-hybridized carbons (Fsp3) is 0.250. The van der Waals surface area contributed by atoms with E-state index in [2.05, 4.69) is 0 Å². The van der Waals surface area contributed by atoms with Crippen LogP contribution in [0.5, 0.6) is 0 Å². The molecule has 1 N–H and O–H groups in total. The highest BCUT2D eigenvalue weighted by Crippen LogP contribution is 2.31. The molecule has 1 aromatic heterocycles. The summed E-state index contributed by atoms with van der Waals surface area (Å²) in [6.45, 7) is 5.02. The van der Waals surface area contributed by atoms with E-state index in [4.69, 9.17) is 5.11 Å². The van der Waals surface area contributed by atoms with Crippen molar-refractivity contribution < 1.29 is 14.7 Å². The molecular weight excluding hydrogens is 254 g/mol. The average Bonchev–Trinajstić information content (AvgIpc) is 2.61. The number of carboxylic acids is 1. The summed E-state index contributed by atoms with van der Waals surface area (Å²) in [5.74, 6) is -0.961. The largest absolute Gasteiger partial charge is 0.480 e. The van der Waals surface area contributed by atoms with Gasteiger partial charge in [0, 0.05) is 11.3 Å². The SMILES string of the molecule is CC(=O)c1c(C)c(-c2ccccc2)n(CC(=O)O)c1C. The molecule has 0 bridgehead atoms. The Hall–Kier alpha value is -2.36. The van der Waals surface area contributed by atoms with Crippen molar-refractivity contribution in [2.24, 2.45) is 0 Å². The summed E-state index contributed by atoms with van der Waals surface area (Å²) >= 11 is 0. The first kappa shape index (κ1) is 14.1. The van der Waals surface area contributed by atoms with E-state index in [0.717, 1.165) is 16.8 Å². The van der Waals surface area contributed by atoms with Crippen molar-refractivity contribution in [3.63, 3.8) is 0 Å². The van der Waals surface area contributed by atoms with E-state index in [1.165, 1.54) is 6.92 Å². The molecule has 0 unspecified atom stereocenters. The van der Waals surface area contributed by atoms with Gasteiger partial charge >= 0.3 is 5.97 Å². The number of carbonyl (C=O) groups is 2. The molecule has 2 aromatic rings. The van der Waals surface area contributed by atoms with Crippen LogP contribution < -0.4 is 0 Å². The van der Waals surface area contributed by atoms with Gasteiger partial charge in [-0.1, -0.05) is 30.3 Å². The zero-order valence-electron chi connectivity index (χ0n) is 11.8. The lowest BCUT2D eigenvalue weighted by Gasteiger charge is -2.10. The molecule has 0 radical (unpaired) electrons. The fourth-order valence-electron chi connectivity index (χ4n) is 2.71. The minimum absolute atomic E-state index is 0.0404. The van der Waals surface area contributed by atoms with Crippen LogP contribution in [0.25, 0.3) is 11.3 Å². The summed E-state index contributed by atoms with van der Waals surface area (Å²) in [7, 11) is 0. The summed E-state index contributed by atoms with van der Waals surface area (Å²) in [6.07, 6.45) is 0. The van der Waals surface area contributed by atoms with E-state index >= 15 is 0 Å². The van der Waals surface area contributed by atoms with Gasteiger partial charge in [0.05, 0.1) is 5.69 Å². The van der Waals surface area contributed by atoms with Gasteiger partial charge in [-0.05, 0) is 31.9 Å². The third kappa shape index (κ3) is 2.37. The predicted octanol–water partition coefficient (Wildman–Crippen LogP) is 3.06. The molecule has 104 valence electrons. The summed E-state index contributed by atoms with van der Waals surface area (Å²) in [5.41, 5.74) is 3.88. The third-order valence-electron chi connectivity index (χ3n) is 3.46. The molecule has 1 aromatic carbocycles. The van der Waals surface area contributed by atoms with E-state index in [9.17, 15) is 9.59 Å². The van der Waals surface area contributed by atoms with Crippen LogP contribution in [0.2, 0.25) is 0 Å². The van der Waals surface area contributed by atoms with Gasteiger partial charge in [0.1, 0.15) is 6.54 Å². The Bertz CT molecular complexity index is 669. The normalized spacial score (nSPS) is 10.6. The summed E-state index contributed by atoms with van der Waals surface area (Å²) in [4.78, 5) is 22.9. The van der Waals surface area contributed by atoms with Gasteiger partial charge < -0.3 is 9.67 Å². The van der Waals surface area contributed by atoms with Crippen LogP contribution in [0.15, 0.2) is 30.3 Å². The lowest BCUT2D eigenvalue weighted by Crippen LogP contribution is -2.12. The highest BCUT2D eigenvalue weighted by Gasteiger charge is 2.22. The monoisotopic (exact) mass is 271 g/mol. The fourth-order valence-corrected chi connectivity index (χ4v) is 2.71. The molecule has 0 spiro atoms. The van der Waals surface area contributed by atoms with Crippen LogP contribution in [0.4, 0.5) is 0 Å². The first-order valence-electron chi connectivity index (χ1n) is 6.41. The number of hydrogen-bond acceptors (Lipinski definition) is 2. The Morgan fingerprint density at radius 1 is 1.15 bits per heavy atom. The van der Waals surface area contributed by atoms with Gasteiger partial charge in [-0.3, -0.25) is 9.59 Å². The average molecular weight is 271 g/mol. The van der Waals surface area contributed by atoms with Crippen molar-refractivity contribution in [3.05, 3.63) is 47.2 Å². The number of ketones is 1. The maximum atomic E-state index is 11.8. The smallest absolute Gasteiger partial charge is 0.323 e. The second kappa shape index (κ2) is 5.33. The lowest BCUT2D eigenvalue weighted by atomic mass is 10.0. The van der Waals surface area contributed by atoms with Gasteiger partial charge in [-0.2, -0.15) is 0 Å². The first-order valence-corrected chi connectivity index (χ1v) is 6.41. The Labute approximate surface area is 117 Å². The van der Waals surface area contributed by atoms with Gasteiger partial charge in [-0.25, -0.2) is 0 Å². The predicted molar refractivity (Wildman–Crippen MR) is 77.0 cm³/mol. The molecule has 1 heterocycles. The number of nitrogens with zero attached hydrogens (tertiary/aromatic N) is 1. The number of Topliss-reactive ketones (excluding diaryl/α,β-unsaturated/α-hetero) is 1. The van der Waals surface area contributed by atoms with Crippen molar-refractivity contribution in [1.82, 2.24) is 4.57 Å². The Morgan fingerprint density at radius 3 is 2.25 bits per heavy atom. The van der Waals surface area contributed by atoms with E-state index in [1.807, 2.05) is 37.3 Å². The first-order chi connectivity index (χ1) is 9.43. The van der Waals surface area contributed by atoms with Crippen LogP contribution in [0.1, 0.15) is 28.5 Å². The molecule has 0 aliphatic rings. The number of aliphatic carboxylic acids is 1. The number of carboxylic acid groups (broad SMARTS) is 1. The minimum Gasteiger partial charge on any atom is -0.480 e. The molecule has 4 heteroatoms. The molecule has 0 aliphatic carbocycles. The number of benzene rings is 1. The van der Waals surface area contributed by atoms with Crippen LogP contribution >= 0.6 is 0 Å². The molecule has 0 fully saturated rings. The van der Waals surface area contributed by atoms with Gasteiger partial charge in [-0.15, -0.1) is 0 Å². The topological polar surface area (TPSA) is 59.3 Å². The van der Waals surface area contributed by atoms with E-state index in [1.54, 1.807) is 11.5 Å². The Kier molecular flexibility index (Phi) is 3.74. The quantitative estimate of drug-likeness (QED) is 0.869. The summed E-state index contributed by atoms with van der Waals surface area (Å²) in [5, 5.41) is 9.10. The van der Waals surface area contributed by atoms with Gasteiger partial charge in [0.15, 0.2) is 5.78 Å². The van der Waals surface area contributed by atoms with Crippen molar-refractivity contribution >= 4 is 11.8 Å². The lowest BCUT2D eigenvalue weighted by molar-refractivity contribution is -0.137. The summed E-state index contributed by atoms with van der Waals surface area (Å²) in [6, 6.07) is 9.54. The van der Waals surface area contributed by atoms with Crippen LogP contribution in [0.3, 0.4) is 0 Å². The molecule has 4 nitrogen and oxygen atoms in total. The van der Waals surface area contributed by atoms with Gasteiger partial charge in [0.25, 0.3) is 0 Å². The maximum Gasteiger partial charge on any atom is 0.323 e. The van der Waals surface area contributed by atoms with E-state index in [0.29, 0.717) is 11.3 Å². The molecule has 0 saturated heterocycles. The van der Waals surface area contributed by atoms with E-state index < -0.39 is 5.97 Å². The van der Waals surface area contributed by atoms with Crippen molar-refractivity contribution in [1.29, 1.82) is 0 Å². The maximum absolute atomic E-state index is 11.8. The van der Waals surface area contributed by atoms with E-state index in [-0.39, 0.29) is 12.3 Å². The molecule has 0 atom stereocenters. The second-order valence-electron chi connectivity index (χ2n) is 4.84. The van der Waals surface area contributed by atoms with Crippen LogP contribution in [-0.4, -0.2) is 21.4 Å². The third-order valence-corrected chi connectivity index (χ3v) is 3.46. The molecule has 20 heavy (non-hydrogen) atoms. The number of hydrogen-bond donors (Lipinski definition) is 1. The van der Waals surface area contributed by atoms with Crippen molar-refractivity contribution in [3.8, 4) is 11.3 Å². The number of rotatable bonds is 4. The van der Waals surface area contributed by atoms with Crippen LogP contribution in [0, 0.1) is 13.8 Å². The molecule has 0 aliphatic heterocycles. The molecule has 0 saturated carbocycles. The van der Waals surface area contributed by atoms with Crippen LogP contribution in [-0.2, 0) is 11.3 Å².